The lowest BCUT2D eigenvalue weighted by Gasteiger charge is -2.28. The molecule has 1 aromatic carbocycles. The molecule has 4 heteroatoms. The SMILES string of the molecule is CNC(CC1CCCCC1)c1ccc(OC)c(Br)c1OC. The maximum atomic E-state index is 5.62. The molecule has 3 nitrogen and oxygen atoms in total. The van der Waals surface area contributed by atoms with Gasteiger partial charge >= 0.3 is 0 Å². The van der Waals surface area contributed by atoms with Gasteiger partial charge in [-0.1, -0.05) is 32.1 Å². The van der Waals surface area contributed by atoms with E-state index in [2.05, 4.69) is 27.3 Å². The second-order valence-corrected chi connectivity index (χ2v) is 6.58. The van der Waals surface area contributed by atoms with E-state index < -0.39 is 0 Å². The summed E-state index contributed by atoms with van der Waals surface area (Å²) in [7, 11) is 5.43. The van der Waals surface area contributed by atoms with Crippen molar-refractivity contribution >= 4 is 15.9 Å². The van der Waals surface area contributed by atoms with Crippen LogP contribution in [-0.2, 0) is 0 Å². The number of rotatable bonds is 6. The molecule has 0 spiro atoms. The Morgan fingerprint density at radius 1 is 1.19 bits per heavy atom. The largest absolute Gasteiger partial charge is 0.495 e. The Morgan fingerprint density at radius 2 is 1.90 bits per heavy atom. The molecule has 0 aliphatic heterocycles. The van der Waals surface area contributed by atoms with Crippen LogP contribution in [0.15, 0.2) is 16.6 Å². The maximum Gasteiger partial charge on any atom is 0.141 e. The van der Waals surface area contributed by atoms with E-state index in [1.807, 2.05) is 13.1 Å². The van der Waals surface area contributed by atoms with Gasteiger partial charge in [-0.25, -0.2) is 0 Å². The van der Waals surface area contributed by atoms with Crippen LogP contribution in [0.25, 0.3) is 0 Å². The highest BCUT2D eigenvalue weighted by Crippen LogP contribution is 2.42. The van der Waals surface area contributed by atoms with E-state index in [0.29, 0.717) is 6.04 Å². The zero-order chi connectivity index (χ0) is 15.2. The lowest BCUT2D eigenvalue weighted by molar-refractivity contribution is 0.300. The van der Waals surface area contributed by atoms with Crippen molar-refractivity contribution in [2.24, 2.45) is 5.92 Å². The maximum absolute atomic E-state index is 5.62. The highest BCUT2D eigenvalue weighted by Gasteiger charge is 2.23. The van der Waals surface area contributed by atoms with Crippen LogP contribution < -0.4 is 14.8 Å². The summed E-state index contributed by atoms with van der Waals surface area (Å²) in [6.07, 6.45) is 8.05. The lowest BCUT2D eigenvalue weighted by atomic mass is 9.83. The highest BCUT2D eigenvalue weighted by molar-refractivity contribution is 9.10. The summed E-state index contributed by atoms with van der Waals surface area (Å²) < 4.78 is 11.9. The van der Waals surface area contributed by atoms with Gasteiger partial charge in [-0.05, 0) is 47.4 Å². The van der Waals surface area contributed by atoms with Gasteiger partial charge in [0.05, 0.1) is 14.2 Å². The first-order chi connectivity index (χ1) is 10.2. The minimum Gasteiger partial charge on any atom is -0.495 e. The number of halogens is 1. The van der Waals surface area contributed by atoms with Crippen LogP contribution in [0.2, 0.25) is 0 Å². The normalized spacial score (nSPS) is 17.5. The van der Waals surface area contributed by atoms with Crippen LogP contribution >= 0.6 is 15.9 Å². The molecule has 0 heterocycles. The molecule has 1 saturated carbocycles. The summed E-state index contributed by atoms with van der Waals surface area (Å²) in [4.78, 5) is 0. The molecule has 21 heavy (non-hydrogen) atoms. The molecular weight excluding hydrogens is 330 g/mol. The summed E-state index contributed by atoms with van der Waals surface area (Å²) >= 11 is 3.60. The number of nitrogens with one attached hydrogen (secondary N) is 1. The second-order valence-electron chi connectivity index (χ2n) is 5.79. The predicted octanol–water partition coefficient (Wildman–Crippen LogP) is 4.70. The Morgan fingerprint density at radius 3 is 2.48 bits per heavy atom. The minimum absolute atomic E-state index is 0.324. The van der Waals surface area contributed by atoms with Crippen molar-refractivity contribution in [3.8, 4) is 11.5 Å². The molecular formula is C17H26BrNO2. The molecule has 0 radical (unpaired) electrons. The first kappa shape index (κ1) is 16.6. The molecule has 1 fully saturated rings. The van der Waals surface area contributed by atoms with Gasteiger partial charge in [0.25, 0.3) is 0 Å². The van der Waals surface area contributed by atoms with Crippen LogP contribution in [0.1, 0.15) is 50.1 Å². The van der Waals surface area contributed by atoms with Crippen molar-refractivity contribution in [2.45, 2.75) is 44.6 Å². The molecule has 1 atom stereocenters. The van der Waals surface area contributed by atoms with E-state index in [1.165, 1.54) is 44.1 Å². The summed E-state index contributed by atoms with van der Waals surface area (Å²) in [5.74, 6) is 2.51. The first-order valence-electron chi connectivity index (χ1n) is 7.78. The van der Waals surface area contributed by atoms with Gasteiger partial charge < -0.3 is 14.8 Å². The quantitative estimate of drug-likeness (QED) is 0.802. The van der Waals surface area contributed by atoms with Crippen LogP contribution in [0.4, 0.5) is 0 Å². The summed E-state index contributed by atoms with van der Waals surface area (Å²) in [5.41, 5.74) is 1.21. The fraction of sp³-hybridized carbons (Fsp3) is 0.647. The molecule has 1 N–H and O–H groups in total. The van der Waals surface area contributed by atoms with Crippen molar-refractivity contribution in [1.29, 1.82) is 0 Å². The van der Waals surface area contributed by atoms with E-state index in [4.69, 9.17) is 9.47 Å². The summed E-state index contributed by atoms with van der Waals surface area (Å²) in [6, 6.07) is 4.45. The molecule has 118 valence electrons. The number of methoxy groups -OCH3 is 2. The van der Waals surface area contributed by atoms with Gasteiger partial charge in [0, 0.05) is 11.6 Å². The van der Waals surface area contributed by atoms with Crippen molar-refractivity contribution < 1.29 is 9.47 Å². The van der Waals surface area contributed by atoms with Gasteiger partial charge in [0.15, 0.2) is 0 Å². The van der Waals surface area contributed by atoms with Gasteiger partial charge in [-0.3, -0.25) is 0 Å². The Labute approximate surface area is 136 Å². The third-order valence-electron chi connectivity index (χ3n) is 4.53. The van der Waals surface area contributed by atoms with Crippen LogP contribution in [-0.4, -0.2) is 21.3 Å². The van der Waals surface area contributed by atoms with E-state index in [9.17, 15) is 0 Å². The van der Waals surface area contributed by atoms with Crippen LogP contribution in [0, 0.1) is 5.92 Å². The number of hydrogen-bond acceptors (Lipinski definition) is 3. The molecule has 0 amide bonds. The zero-order valence-electron chi connectivity index (χ0n) is 13.2. The third-order valence-corrected chi connectivity index (χ3v) is 5.28. The predicted molar refractivity (Wildman–Crippen MR) is 90.2 cm³/mol. The fourth-order valence-corrected chi connectivity index (χ4v) is 4.03. The van der Waals surface area contributed by atoms with Gasteiger partial charge in [-0.15, -0.1) is 0 Å². The molecule has 1 aliphatic carbocycles. The van der Waals surface area contributed by atoms with Crippen molar-refractivity contribution in [3.63, 3.8) is 0 Å². The Hall–Kier alpha value is -0.740. The molecule has 1 aliphatic rings. The summed E-state index contributed by atoms with van der Waals surface area (Å²) in [6.45, 7) is 0. The van der Waals surface area contributed by atoms with E-state index in [-0.39, 0.29) is 0 Å². The standard InChI is InChI=1S/C17H26BrNO2/c1-19-14(11-12-7-5-4-6-8-12)13-9-10-15(20-2)16(18)17(13)21-3/h9-10,12,14,19H,4-8,11H2,1-3H3. The third kappa shape index (κ3) is 3.92. The number of hydrogen-bond donors (Lipinski definition) is 1. The molecule has 1 aromatic rings. The number of ether oxygens (including phenoxy) is 2. The van der Waals surface area contributed by atoms with Crippen molar-refractivity contribution in [2.75, 3.05) is 21.3 Å². The van der Waals surface area contributed by atoms with Gasteiger partial charge in [0.2, 0.25) is 0 Å². The summed E-state index contributed by atoms with van der Waals surface area (Å²) in [5, 5.41) is 3.46. The van der Waals surface area contributed by atoms with E-state index in [0.717, 1.165) is 21.9 Å². The van der Waals surface area contributed by atoms with Gasteiger partial charge in [-0.2, -0.15) is 0 Å². The topological polar surface area (TPSA) is 30.5 Å². The monoisotopic (exact) mass is 355 g/mol. The second kappa shape index (κ2) is 8.04. The Kier molecular flexibility index (Phi) is 6.37. The average Bonchev–Trinajstić information content (AvgIpc) is 2.53. The smallest absolute Gasteiger partial charge is 0.141 e. The molecule has 0 bridgehead atoms. The molecule has 2 rings (SSSR count). The Bertz CT molecular complexity index is 458. The van der Waals surface area contributed by atoms with E-state index in [1.54, 1.807) is 14.2 Å². The fourth-order valence-electron chi connectivity index (χ4n) is 3.35. The first-order valence-corrected chi connectivity index (χ1v) is 8.58. The van der Waals surface area contributed by atoms with Gasteiger partial charge in [0.1, 0.15) is 16.0 Å². The molecule has 1 unspecified atom stereocenters. The average molecular weight is 356 g/mol. The highest BCUT2D eigenvalue weighted by atomic mass is 79.9. The number of benzene rings is 1. The Balaban J connectivity index is 2.22. The molecule has 0 aromatic heterocycles. The van der Waals surface area contributed by atoms with Crippen LogP contribution in [0.5, 0.6) is 11.5 Å². The lowest BCUT2D eigenvalue weighted by Crippen LogP contribution is -2.22. The van der Waals surface area contributed by atoms with Crippen molar-refractivity contribution in [1.82, 2.24) is 5.32 Å². The van der Waals surface area contributed by atoms with Crippen LogP contribution in [0.3, 0.4) is 0 Å². The molecule has 0 saturated heterocycles. The zero-order valence-corrected chi connectivity index (χ0v) is 14.8. The van der Waals surface area contributed by atoms with E-state index >= 15 is 0 Å². The minimum atomic E-state index is 0.324. The van der Waals surface area contributed by atoms with Crippen molar-refractivity contribution in [3.05, 3.63) is 22.2 Å².